The monoisotopic (exact) mass is 215 g/mol. The predicted octanol–water partition coefficient (Wildman–Crippen LogP) is 1.65. The molecule has 0 spiro atoms. The van der Waals surface area contributed by atoms with Gasteiger partial charge in [0.15, 0.2) is 0 Å². The average Bonchev–Trinajstić information content (AvgIpc) is 1.94. The topological polar surface area (TPSA) is 66.4 Å². The van der Waals surface area contributed by atoms with Gasteiger partial charge in [0.05, 0.1) is 0 Å². The molecule has 1 amide bonds. The molecule has 0 aliphatic rings. The number of nitrogens with one attached hydrogen (secondary N) is 1. The molecule has 0 heterocycles. The first-order valence-corrected chi connectivity index (χ1v) is 5.05. The molecule has 0 aromatic rings. The first-order valence-electron chi connectivity index (χ1n) is 5.05. The summed E-state index contributed by atoms with van der Waals surface area (Å²) in [7, 11) is 0. The van der Waals surface area contributed by atoms with E-state index in [0.717, 1.165) is 0 Å². The molecule has 0 rings (SSSR count). The SMILES string of the molecule is CC(C)(C)CC(C)(C)C(=O)NCC(=O)O. The van der Waals surface area contributed by atoms with E-state index in [1.165, 1.54) is 0 Å². The van der Waals surface area contributed by atoms with Crippen LogP contribution < -0.4 is 5.32 Å². The molecule has 0 aliphatic heterocycles. The molecule has 0 aromatic carbocycles. The number of amides is 1. The highest BCUT2D eigenvalue weighted by molar-refractivity contribution is 5.85. The third-order valence-electron chi connectivity index (χ3n) is 1.99. The van der Waals surface area contributed by atoms with E-state index in [1.54, 1.807) is 0 Å². The van der Waals surface area contributed by atoms with Crippen molar-refractivity contribution >= 4 is 11.9 Å². The Morgan fingerprint density at radius 2 is 1.60 bits per heavy atom. The quantitative estimate of drug-likeness (QED) is 0.749. The maximum Gasteiger partial charge on any atom is 0.322 e. The van der Waals surface area contributed by atoms with Gasteiger partial charge in [0.1, 0.15) is 6.54 Å². The van der Waals surface area contributed by atoms with E-state index in [4.69, 9.17) is 5.11 Å². The Bertz CT molecular complexity index is 251. The van der Waals surface area contributed by atoms with Crippen LogP contribution in [0.25, 0.3) is 0 Å². The first-order chi connectivity index (χ1) is 6.54. The number of carboxylic acid groups (broad SMARTS) is 1. The van der Waals surface area contributed by atoms with E-state index in [-0.39, 0.29) is 17.9 Å². The lowest BCUT2D eigenvalue weighted by Crippen LogP contribution is -2.41. The van der Waals surface area contributed by atoms with Gasteiger partial charge in [-0.1, -0.05) is 34.6 Å². The lowest BCUT2D eigenvalue weighted by Gasteiger charge is -2.30. The zero-order valence-electron chi connectivity index (χ0n) is 10.2. The van der Waals surface area contributed by atoms with Gasteiger partial charge >= 0.3 is 5.97 Å². The van der Waals surface area contributed by atoms with Crippen LogP contribution in [-0.4, -0.2) is 23.5 Å². The Morgan fingerprint density at radius 1 is 1.13 bits per heavy atom. The normalized spacial score (nSPS) is 12.3. The molecule has 0 saturated carbocycles. The lowest BCUT2D eigenvalue weighted by molar-refractivity contribution is -0.140. The fraction of sp³-hybridized carbons (Fsp3) is 0.818. The number of rotatable bonds is 4. The third kappa shape index (κ3) is 6.10. The molecule has 4 heteroatoms. The van der Waals surface area contributed by atoms with E-state index in [1.807, 2.05) is 13.8 Å². The summed E-state index contributed by atoms with van der Waals surface area (Å²) in [5.74, 6) is -1.23. The van der Waals surface area contributed by atoms with Crippen LogP contribution >= 0.6 is 0 Å². The smallest absolute Gasteiger partial charge is 0.322 e. The van der Waals surface area contributed by atoms with E-state index in [2.05, 4.69) is 26.1 Å². The van der Waals surface area contributed by atoms with Crippen LogP contribution in [0.3, 0.4) is 0 Å². The largest absolute Gasteiger partial charge is 0.480 e. The van der Waals surface area contributed by atoms with Crippen LogP contribution in [0.15, 0.2) is 0 Å². The molecular formula is C11H21NO3. The molecule has 4 nitrogen and oxygen atoms in total. The van der Waals surface area contributed by atoms with Gasteiger partial charge in [-0.2, -0.15) is 0 Å². The molecule has 0 fully saturated rings. The zero-order chi connectivity index (χ0) is 12.3. The van der Waals surface area contributed by atoms with Crippen molar-refractivity contribution < 1.29 is 14.7 Å². The highest BCUT2D eigenvalue weighted by Gasteiger charge is 2.32. The second-order valence-electron chi connectivity index (χ2n) is 5.70. The number of hydrogen-bond donors (Lipinski definition) is 2. The van der Waals surface area contributed by atoms with Crippen LogP contribution in [-0.2, 0) is 9.59 Å². The number of carbonyl (C=O) groups excluding carboxylic acids is 1. The summed E-state index contributed by atoms with van der Waals surface area (Å²) in [6.07, 6.45) is 0.714. The highest BCUT2D eigenvalue weighted by atomic mass is 16.4. The van der Waals surface area contributed by atoms with Crippen LogP contribution in [0.2, 0.25) is 0 Å². The van der Waals surface area contributed by atoms with Gasteiger partial charge in [-0.25, -0.2) is 0 Å². The predicted molar refractivity (Wildman–Crippen MR) is 58.5 cm³/mol. The van der Waals surface area contributed by atoms with Gasteiger partial charge in [0, 0.05) is 5.41 Å². The molecule has 0 radical (unpaired) electrons. The fourth-order valence-corrected chi connectivity index (χ4v) is 1.80. The Balaban J connectivity index is 4.33. The fourth-order valence-electron chi connectivity index (χ4n) is 1.80. The van der Waals surface area contributed by atoms with Crippen molar-refractivity contribution in [3.05, 3.63) is 0 Å². The maximum absolute atomic E-state index is 11.7. The van der Waals surface area contributed by atoms with Crippen molar-refractivity contribution in [3.63, 3.8) is 0 Å². The zero-order valence-corrected chi connectivity index (χ0v) is 10.2. The van der Waals surface area contributed by atoms with Crippen LogP contribution in [0, 0.1) is 10.8 Å². The van der Waals surface area contributed by atoms with Crippen molar-refractivity contribution in [3.8, 4) is 0 Å². The van der Waals surface area contributed by atoms with Gasteiger partial charge in [0.25, 0.3) is 0 Å². The van der Waals surface area contributed by atoms with Gasteiger partial charge in [-0.15, -0.1) is 0 Å². The molecule has 15 heavy (non-hydrogen) atoms. The third-order valence-corrected chi connectivity index (χ3v) is 1.99. The minimum atomic E-state index is -1.02. The Labute approximate surface area is 91.1 Å². The van der Waals surface area contributed by atoms with Crippen LogP contribution in [0.4, 0.5) is 0 Å². The number of carbonyl (C=O) groups is 2. The highest BCUT2D eigenvalue weighted by Crippen LogP contribution is 2.33. The molecule has 2 N–H and O–H groups in total. The van der Waals surface area contributed by atoms with E-state index >= 15 is 0 Å². The standard InChI is InChI=1S/C11H21NO3/c1-10(2,3)7-11(4,5)9(15)12-6-8(13)14/h6-7H2,1-5H3,(H,12,15)(H,13,14). The van der Waals surface area contributed by atoms with Crippen LogP contribution in [0.5, 0.6) is 0 Å². The minimum absolute atomic E-state index is 0.0457. The van der Waals surface area contributed by atoms with Crippen molar-refractivity contribution in [1.82, 2.24) is 5.32 Å². The molecule has 0 aromatic heterocycles. The molecule has 0 saturated heterocycles. The second-order valence-corrected chi connectivity index (χ2v) is 5.70. The second kappa shape index (κ2) is 4.64. The van der Waals surface area contributed by atoms with E-state index in [9.17, 15) is 9.59 Å². The maximum atomic E-state index is 11.7. The summed E-state index contributed by atoms with van der Waals surface area (Å²) in [5.41, 5.74) is -0.488. The van der Waals surface area contributed by atoms with Gasteiger partial charge in [0.2, 0.25) is 5.91 Å². The van der Waals surface area contributed by atoms with Gasteiger partial charge < -0.3 is 10.4 Å². The lowest BCUT2D eigenvalue weighted by atomic mass is 9.76. The molecule has 88 valence electrons. The Hall–Kier alpha value is -1.06. The average molecular weight is 215 g/mol. The minimum Gasteiger partial charge on any atom is -0.480 e. The number of hydrogen-bond acceptors (Lipinski definition) is 2. The van der Waals surface area contributed by atoms with Crippen molar-refractivity contribution in [2.24, 2.45) is 10.8 Å². The number of carboxylic acids is 1. The summed E-state index contributed by atoms with van der Waals surface area (Å²) in [4.78, 5) is 22.0. The Kier molecular flexibility index (Phi) is 4.31. The van der Waals surface area contributed by atoms with Crippen molar-refractivity contribution in [2.45, 2.75) is 41.0 Å². The summed E-state index contributed by atoms with van der Waals surface area (Å²) < 4.78 is 0. The molecule has 0 bridgehead atoms. The summed E-state index contributed by atoms with van der Waals surface area (Å²) in [5, 5.41) is 10.9. The molecule has 0 unspecified atom stereocenters. The van der Waals surface area contributed by atoms with Gasteiger partial charge in [-0.3, -0.25) is 9.59 Å². The van der Waals surface area contributed by atoms with Crippen LogP contribution in [0.1, 0.15) is 41.0 Å². The van der Waals surface area contributed by atoms with E-state index in [0.29, 0.717) is 6.42 Å². The summed E-state index contributed by atoms with van der Waals surface area (Å²) in [6, 6.07) is 0. The van der Waals surface area contributed by atoms with Crippen molar-refractivity contribution in [1.29, 1.82) is 0 Å². The molecule has 0 atom stereocenters. The van der Waals surface area contributed by atoms with Gasteiger partial charge in [-0.05, 0) is 11.8 Å². The number of aliphatic carboxylic acids is 1. The Morgan fingerprint density at radius 3 is 1.93 bits per heavy atom. The molecule has 0 aliphatic carbocycles. The van der Waals surface area contributed by atoms with E-state index < -0.39 is 11.4 Å². The first kappa shape index (κ1) is 13.9. The molecular weight excluding hydrogens is 194 g/mol. The van der Waals surface area contributed by atoms with Crippen molar-refractivity contribution in [2.75, 3.05) is 6.54 Å². The summed E-state index contributed by atoms with van der Waals surface area (Å²) in [6.45, 7) is 9.51. The summed E-state index contributed by atoms with van der Waals surface area (Å²) >= 11 is 0.